The van der Waals surface area contributed by atoms with E-state index in [4.69, 9.17) is 5.73 Å². The van der Waals surface area contributed by atoms with Crippen LogP contribution in [0, 0.1) is 5.41 Å². The highest BCUT2D eigenvalue weighted by atomic mass is 35.5. The highest BCUT2D eigenvalue weighted by molar-refractivity contribution is 5.93. The number of halogens is 1. The van der Waals surface area contributed by atoms with E-state index in [-0.39, 0.29) is 29.8 Å². The van der Waals surface area contributed by atoms with Crippen LogP contribution in [0.25, 0.3) is 0 Å². The topological polar surface area (TPSA) is 96.2 Å². The highest BCUT2D eigenvalue weighted by Gasteiger charge is 2.32. The average Bonchev–Trinajstić information content (AvgIpc) is 2.55. The molecule has 24 heavy (non-hydrogen) atoms. The van der Waals surface area contributed by atoms with Crippen molar-refractivity contribution in [1.82, 2.24) is 5.32 Å². The predicted molar refractivity (Wildman–Crippen MR) is 99.6 cm³/mol. The first kappa shape index (κ1) is 20.3. The second-order valence-corrected chi connectivity index (χ2v) is 6.27. The molecule has 1 saturated carbocycles. The van der Waals surface area contributed by atoms with E-state index in [2.05, 4.69) is 16.0 Å². The molecule has 0 unspecified atom stereocenters. The zero-order valence-electron chi connectivity index (χ0n) is 14.1. The van der Waals surface area contributed by atoms with Crippen molar-refractivity contribution < 1.29 is 9.59 Å². The number of benzene rings is 1. The zero-order valence-corrected chi connectivity index (χ0v) is 14.9. The van der Waals surface area contributed by atoms with Gasteiger partial charge >= 0.3 is 6.03 Å². The van der Waals surface area contributed by atoms with Gasteiger partial charge in [-0.25, -0.2) is 4.79 Å². The Balaban J connectivity index is 0.00000288. The molecular weight excluding hydrogens is 328 g/mol. The molecule has 0 aliphatic heterocycles. The van der Waals surface area contributed by atoms with Crippen molar-refractivity contribution in [3.05, 3.63) is 24.3 Å². The lowest BCUT2D eigenvalue weighted by molar-refractivity contribution is -0.118. The minimum atomic E-state index is -0.294. The number of carbonyl (C=O) groups excluding carboxylic acids is 2. The molecule has 0 radical (unpaired) electrons. The van der Waals surface area contributed by atoms with Gasteiger partial charge in [-0.15, -0.1) is 12.4 Å². The van der Waals surface area contributed by atoms with Crippen molar-refractivity contribution in [3.8, 4) is 0 Å². The third-order valence-corrected chi connectivity index (χ3v) is 4.51. The van der Waals surface area contributed by atoms with E-state index in [9.17, 15) is 9.59 Å². The van der Waals surface area contributed by atoms with E-state index >= 15 is 0 Å². The summed E-state index contributed by atoms with van der Waals surface area (Å²) in [6.45, 7) is 0.554. The van der Waals surface area contributed by atoms with Crippen LogP contribution in [0.2, 0.25) is 0 Å². The molecule has 2 rings (SSSR count). The van der Waals surface area contributed by atoms with Gasteiger partial charge in [0, 0.05) is 24.8 Å². The summed E-state index contributed by atoms with van der Waals surface area (Å²) < 4.78 is 0. The summed E-state index contributed by atoms with van der Waals surface area (Å²) in [4.78, 5) is 23.7. The van der Waals surface area contributed by atoms with Gasteiger partial charge in [-0.05, 0) is 43.0 Å². The van der Waals surface area contributed by atoms with Crippen LogP contribution in [-0.2, 0) is 4.79 Å². The van der Waals surface area contributed by atoms with Crippen molar-refractivity contribution >= 4 is 35.7 Å². The molecule has 7 heteroatoms. The Morgan fingerprint density at radius 2 is 1.75 bits per heavy atom. The van der Waals surface area contributed by atoms with Crippen LogP contribution >= 0.6 is 12.4 Å². The summed E-state index contributed by atoms with van der Waals surface area (Å²) >= 11 is 0. The minimum Gasteiger partial charge on any atom is -0.341 e. The maximum Gasteiger partial charge on any atom is 0.318 e. The molecule has 0 spiro atoms. The number of nitrogens with two attached hydrogens (primary N) is 1. The van der Waals surface area contributed by atoms with Crippen LogP contribution in [0.3, 0.4) is 0 Å². The molecule has 6 nitrogen and oxygen atoms in total. The van der Waals surface area contributed by atoms with Gasteiger partial charge in [0.25, 0.3) is 0 Å². The molecule has 3 amide bonds. The van der Waals surface area contributed by atoms with E-state index in [1.807, 2.05) is 6.07 Å². The first-order chi connectivity index (χ1) is 11.1. The van der Waals surface area contributed by atoms with Crippen LogP contribution in [0.5, 0.6) is 0 Å². The van der Waals surface area contributed by atoms with Crippen LogP contribution in [-0.4, -0.2) is 25.5 Å². The summed E-state index contributed by atoms with van der Waals surface area (Å²) in [5.41, 5.74) is 7.19. The van der Waals surface area contributed by atoms with Gasteiger partial charge in [0.1, 0.15) is 0 Å². The maximum absolute atomic E-state index is 12.4. The molecule has 1 aliphatic carbocycles. The lowest BCUT2D eigenvalue weighted by Crippen LogP contribution is -2.36. The Labute approximate surface area is 149 Å². The number of nitrogens with one attached hydrogen (secondary N) is 3. The molecule has 134 valence electrons. The molecule has 1 aromatic carbocycles. The molecule has 1 aliphatic rings. The smallest absolute Gasteiger partial charge is 0.318 e. The van der Waals surface area contributed by atoms with E-state index in [0.29, 0.717) is 24.3 Å². The van der Waals surface area contributed by atoms with E-state index < -0.39 is 0 Å². The number of anilines is 2. The van der Waals surface area contributed by atoms with Crippen molar-refractivity contribution in [3.63, 3.8) is 0 Å². The standard InChI is InChI=1S/C17H26N4O2.ClH/c1-19-16(23)21-14-7-5-6-13(10-14)20-15(22)11-17(12-18)8-3-2-4-9-17;/h5-7,10H,2-4,8-9,11-12,18H2,1H3,(H,20,22)(H2,19,21,23);1H. The average molecular weight is 355 g/mol. The van der Waals surface area contributed by atoms with Gasteiger partial charge in [-0.1, -0.05) is 25.3 Å². The lowest BCUT2D eigenvalue weighted by atomic mass is 9.71. The molecular formula is C17H27ClN4O2. The van der Waals surface area contributed by atoms with Crippen molar-refractivity contribution in [2.75, 3.05) is 24.2 Å². The molecule has 5 N–H and O–H groups in total. The van der Waals surface area contributed by atoms with Crippen molar-refractivity contribution in [1.29, 1.82) is 0 Å². The summed E-state index contributed by atoms with van der Waals surface area (Å²) in [6, 6.07) is 6.82. The second-order valence-electron chi connectivity index (χ2n) is 6.27. The fourth-order valence-electron chi connectivity index (χ4n) is 3.17. The second kappa shape index (κ2) is 9.49. The number of carbonyl (C=O) groups is 2. The van der Waals surface area contributed by atoms with Gasteiger partial charge < -0.3 is 21.7 Å². The van der Waals surface area contributed by atoms with Crippen molar-refractivity contribution in [2.45, 2.75) is 38.5 Å². The summed E-state index contributed by atoms with van der Waals surface area (Å²) in [5, 5.41) is 8.09. The number of urea groups is 1. The molecule has 1 fully saturated rings. The Hall–Kier alpha value is -1.79. The first-order valence-electron chi connectivity index (χ1n) is 8.16. The summed E-state index contributed by atoms with van der Waals surface area (Å²) in [7, 11) is 1.55. The minimum absolute atomic E-state index is 0. The van der Waals surface area contributed by atoms with Gasteiger partial charge in [0.05, 0.1) is 0 Å². The third kappa shape index (κ3) is 5.69. The van der Waals surface area contributed by atoms with Crippen LogP contribution in [0.4, 0.5) is 16.2 Å². The number of hydrogen-bond acceptors (Lipinski definition) is 3. The third-order valence-electron chi connectivity index (χ3n) is 4.51. The highest BCUT2D eigenvalue weighted by Crippen LogP contribution is 2.38. The van der Waals surface area contributed by atoms with Gasteiger partial charge in [0.2, 0.25) is 5.91 Å². The lowest BCUT2D eigenvalue weighted by Gasteiger charge is -2.35. The molecule has 0 saturated heterocycles. The first-order valence-corrected chi connectivity index (χ1v) is 8.16. The van der Waals surface area contributed by atoms with Crippen LogP contribution in [0.15, 0.2) is 24.3 Å². The van der Waals surface area contributed by atoms with Crippen LogP contribution < -0.4 is 21.7 Å². The maximum atomic E-state index is 12.4. The number of amides is 3. The molecule has 0 atom stereocenters. The molecule has 0 aromatic heterocycles. The van der Waals surface area contributed by atoms with Crippen LogP contribution in [0.1, 0.15) is 38.5 Å². The summed E-state index contributed by atoms with van der Waals surface area (Å²) in [6.07, 6.45) is 6.03. The van der Waals surface area contributed by atoms with Crippen molar-refractivity contribution in [2.24, 2.45) is 11.1 Å². The van der Waals surface area contributed by atoms with E-state index in [1.54, 1.807) is 25.2 Å². The summed E-state index contributed by atoms with van der Waals surface area (Å²) in [5.74, 6) is -0.0190. The monoisotopic (exact) mass is 354 g/mol. The van der Waals surface area contributed by atoms with E-state index in [0.717, 1.165) is 25.7 Å². The fraction of sp³-hybridized carbons (Fsp3) is 0.529. The van der Waals surface area contributed by atoms with Gasteiger partial charge in [-0.2, -0.15) is 0 Å². The SMILES string of the molecule is CNC(=O)Nc1cccc(NC(=O)CC2(CN)CCCCC2)c1.Cl. The van der Waals surface area contributed by atoms with E-state index in [1.165, 1.54) is 6.42 Å². The Kier molecular flexibility index (Phi) is 8.01. The molecule has 0 bridgehead atoms. The molecule has 1 aromatic rings. The normalized spacial score (nSPS) is 15.8. The van der Waals surface area contributed by atoms with Gasteiger partial charge in [-0.3, -0.25) is 4.79 Å². The number of rotatable bonds is 5. The predicted octanol–water partition coefficient (Wildman–Crippen LogP) is 3.10. The van der Waals surface area contributed by atoms with Gasteiger partial charge in [0.15, 0.2) is 0 Å². The largest absolute Gasteiger partial charge is 0.341 e. The molecule has 0 heterocycles. The Bertz CT molecular complexity index is 559. The quantitative estimate of drug-likeness (QED) is 0.654. The Morgan fingerprint density at radius 3 is 2.33 bits per heavy atom. The zero-order chi connectivity index (χ0) is 16.7. The number of hydrogen-bond donors (Lipinski definition) is 4. The fourth-order valence-corrected chi connectivity index (χ4v) is 3.17. The Morgan fingerprint density at radius 1 is 1.12 bits per heavy atom.